The SMILES string of the molecule is COCCNC(=O)c1nc(-c2ccc(C)cc2)n(-c2cccc(C)c2C)n1. The first-order chi connectivity index (χ1) is 13.0. The predicted molar refractivity (Wildman–Crippen MR) is 105 cm³/mol. The molecule has 0 spiro atoms. The molecule has 0 saturated carbocycles. The quantitative estimate of drug-likeness (QED) is 0.682. The second kappa shape index (κ2) is 8.14. The van der Waals surface area contributed by atoms with Crippen molar-refractivity contribution >= 4 is 5.91 Å². The number of carbonyl (C=O) groups is 1. The number of aromatic nitrogens is 3. The Morgan fingerprint density at radius 1 is 1.11 bits per heavy atom. The van der Waals surface area contributed by atoms with Gasteiger partial charge in [-0.3, -0.25) is 4.79 Å². The van der Waals surface area contributed by atoms with E-state index in [0.717, 1.165) is 27.9 Å². The maximum absolute atomic E-state index is 12.4. The Balaban J connectivity index is 2.08. The van der Waals surface area contributed by atoms with Gasteiger partial charge in [0, 0.05) is 19.2 Å². The van der Waals surface area contributed by atoms with Crippen molar-refractivity contribution in [2.45, 2.75) is 20.8 Å². The van der Waals surface area contributed by atoms with Gasteiger partial charge >= 0.3 is 0 Å². The monoisotopic (exact) mass is 364 g/mol. The minimum atomic E-state index is -0.315. The number of benzene rings is 2. The molecule has 0 bridgehead atoms. The van der Waals surface area contributed by atoms with Gasteiger partial charge in [0.25, 0.3) is 5.91 Å². The van der Waals surface area contributed by atoms with Crippen LogP contribution in [0.15, 0.2) is 42.5 Å². The second-order valence-electron chi connectivity index (χ2n) is 6.50. The highest BCUT2D eigenvalue weighted by Gasteiger charge is 2.19. The number of aryl methyl sites for hydroxylation is 2. The number of hydrogen-bond donors (Lipinski definition) is 1. The van der Waals surface area contributed by atoms with Crippen LogP contribution in [0.4, 0.5) is 0 Å². The summed E-state index contributed by atoms with van der Waals surface area (Å²) in [6.45, 7) is 6.98. The summed E-state index contributed by atoms with van der Waals surface area (Å²) in [4.78, 5) is 17.0. The maximum Gasteiger partial charge on any atom is 0.291 e. The van der Waals surface area contributed by atoms with Gasteiger partial charge in [-0.25, -0.2) is 9.67 Å². The summed E-state index contributed by atoms with van der Waals surface area (Å²) < 4.78 is 6.72. The van der Waals surface area contributed by atoms with Crippen LogP contribution < -0.4 is 5.32 Å². The molecule has 0 aliphatic rings. The lowest BCUT2D eigenvalue weighted by molar-refractivity contribution is 0.0927. The van der Waals surface area contributed by atoms with E-state index in [4.69, 9.17) is 4.74 Å². The zero-order chi connectivity index (χ0) is 19.4. The summed E-state index contributed by atoms with van der Waals surface area (Å²) in [6.07, 6.45) is 0. The highest BCUT2D eigenvalue weighted by molar-refractivity contribution is 5.91. The highest BCUT2D eigenvalue weighted by Crippen LogP contribution is 2.25. The van der Waals surface area contributed by atoms with Crippen LogP contribution in [0.5, 0.6) is 0 Å². The zero-order valence-corrected chi connectivity index (χ0v) is 16.1. The molecule has 0 aliphatic heterocycles. The molecular formula is C21H24N4O2. The third-order valence-electron chi connectivity index (χ3n) is 4.52. The van der Waals surface area contributed by atoms with Crippen molar-refractivity contribution in [3.05, 3.63) is 65.0 Å². The lowest BCUT2D eigenvalue weighted by Crippen LogP contribution is -2.28. The minimum absolute atomic E-state index is 0.141. The molecule has 0 atom stereocenters. The first kappa shape index (κ1) is 18.8. The minimum Gasteiger partial charge on any atom is -0.383 e. The van der Waals surface area contributed by atoms with Crippen molar-refractivity contribution in [2.75, 3.05) is 20.3 Å². The van der Waals surface area contributed by atoms with Gasteiger partial charge in [-0.1, -0.05) is 42.0 Å². The van der Waals surface area contributed by atoms with Gasteiger partial charge in [-0.15, -0.1) is 5.10 Å². The molecule has 0 unspecified atom stereocenters. The van der Waals surface area contributed by atoms with Crippen LogP contribution in [0, 0.1) is 20.8 Å². The molecule has 1 heterocycles. The lowest BCUT2D eigenvalue weighted by Gasteiger charge is -2.11. The summed E-state index contributed by atoms with van der Waals surface area (Å²) in [5.74, 6) is 0.465. The van der Waals surface area contributed by atoms with E-state index in [9.17, 15) is 4.79 Å². The lowest BCUT2D eigenvalue weighted by atomic mass is 10.1. The van der Waals surface area contributed by atoms with Crippen molar-refractivity contribution < 1.29 is 9.53 Å². The van der Waals surface area contributed by atoms with E-state index in [1.807, 2.05) is 50.2 Å². The second-order valence-corrected chi connectivity index (χ2v) is 6.50. The number of nitrogens with one attached hydrogen (secondary N) is 1. The Kier molecular flexibility index (Phi) is 5.66. The van der Waals surface area contributed by atoms with Crippen molar-refractivity contribution in [1.82, 2.24) is 20.1 Å². The number of rotatable bonds is 6. The fraction of sp³-hybridized carbons (Fsp3) is 0.286. The smallest absolute Gasteiger partial charge is 0.291 e. The summed E-state index contributed by atoms with van der Waals surface area (Å²) in [5.41, 5.74) is 5.24. The van der Waals surface area contributed by atoms with Crippen molar-refractivity contribution in [2.24, 2.45) is 0 Å². The molecule has 3 rings (SSSR count). The standard InChI is InChI=1S/C21H24N4O2/c1-14-8-10-17(11-9-14)20-23-19(21(26)22-12-13-27-4)24-25(20)18-7-5-6-15(2)16(18)3/h5-11H,12-13H2,1-4H3,(H,22,26). The number of nitrogens with zero attached hydrogens (tertiary/aromatic N) is 3. The molecule has 140 valence electrons. The highest BCUT2D eigenvalue weighted by atomic mass is 16.5. The molecular weight excluding hydrogens is 340 g/mol. The van der Waals surface area contributed by atoms with E-state index in [-0.39, 0.29) is 11.7 Å². The zero-order valence-electron chi connectivity index (χ0n) is 16.1. The summed E-state index contributed by atoms with van der Waals surface area (Å²) in [7, 11) is 1.59. The summed E-state index contributed by atoms with van der Waals surface area (Å²) >= 11 is 0. The molecule has 27 heavy (non-hydrogen) atoms. The molecule has 1 amide bonds. The predicted octanol–water partition coefficient (Wildman–Crippen LogP) is 3.24. The van der Waals surface area contributed by atoms with Gasteiger partial charge in [0.05, 0.1) is 12.3 Å². The van der Waals surface area contributed by atoms with E-state index in [0.29, 0.717) is 19.0 Å². The number of methoxy groups -OCH3 is 1. The molecule has 6 nitrogen and oxygen atoms in total. The van der Waals surface area contributed by atoms with E-state index in [1.54, 1.807) is 11.8 Å². The Morgan fingerprint density at radius 2 is 1.85 bits per heavy atom. The van der Waals surface area contributed by atoms with Gasteiger partial charge in [-0.05, 0) is 38.0 Å². The van der Waals surface area contributed by atoms with Crippen LogP contribution in [0.2, 0.25) is 0 Å². The Morgan fingerprint density at radius 3 is 2.56 bits per heavy atom. The molecule has 0 saturated heterocycles. The first-order valence-corrected chi connectivity index (χ1v) is 8.89. The third kappa shape index (κ3) is 4.06. The van der Waals surface area contributed by atoms with Crippen LogP contribution >= 0.6 is 0 Å². The van der Waals surface area contributed by atoms with Gasteiger partial charge in [0.15, 0.2) is 5.82 Å². The van der Waals surface area contributed by atoms with Crippen LogP contribution in [-0.4, -0.2) is 40.9 Å². The summed E-state index contributed by atoms with van der Waals surface area (Å²) in [6, 6.07) is 14.1. The van der Waals surface area contributed by atoms with Crippen LogP contribution in [0.25, 0.3) is 17.1 Å². The molecule has 0 fully saturated rings. The molecule has 6 heteroatoms. The Labute approximate surface area is 159 Å². The third-order valence-corrected chi connectivity index (χ3v) is 4.52. The van der Waals surface area contributed by atoms with Crippen LogP contribution in [0.1, 0.15) is 27.3 Å². The largest absolute Gasteiger partial charge is 0.383 e. The van der Waals surface area contributed by atoms with E-state index in [1.165, 1.54) is 0 Å². The number of amides is 1. The molecule has 0 radical (unpaired) electrons. The molecule has 1 N–H and O–H groups in total. The van der Waals surface area contributed by atoms with Gasteiger partial charge in [0.2, 0.25) is 5.82 Å². The van der Waals surface area contributed by atoms with E-state index in [2.05, 4.69) is 28.4 Å². The van der Waals surface area contributed by atoms with Crippen LogP contribution in [0.3, 0.4) is 0 Å². The topological polar surface area (TPSA) is 69.0 Å². The fourth-order valence-electron chi connectivity index (χ4n) is 2.78. The Bertz CT molecular complexity index is 945. The van der Waals surface area contributed by atoms with Crippen molar-refractivity contribution in [3.63, 3.8) is 0 Å². The average molecular weight is 364 g/mol. The van der Waals surface area contributed by atoms with Crippen molar-refractivity contribution in [1.29, 1.82) is 0 Å². The molecule has 2 aromatic carbocycles. The maximum atomic E-state index is 12.4. The molecule has 1 aromatic heterocycles. The van der Waals surface area contributed by atoms with Crippen LogP contribution in [-0.2, 0) is 4.74 Å². The Hall–Kier alpha value is -2.99. The fourth-order valence-corrected chi connectivity index (χ4v) is 2.78. The number of carbonyl (C=O) groups excluding carboxylic acids is 1. The molecule has 0 aliphatic carbocycles. The van der Waals surface area contributed by atoms with E-state index >= 15 is 0 Å². The molecule has 3 aromatic rings. The van der Waals surface area contributed by atoms with Gasteiger partial charge in [0.1, 0.15) is 0 Å². The first-order valence-electron chi connectivity index (χ1n) is 8.89. The number of ether oxygens (including phenoxy) is 1. The number of hydrogen-bond acceptors (Lipinski definition) is 4. The van der Waals surface area contributed by atoms with E-state index < -0.39 is 0 Å². The van der Waals surface area contributed by atoms with Crippen molar-refractivity contribution in [3.8, 4) is 17.1 Å². The normalized spacial score (nSPS) is 10.8. The van der Waals surface area contributed by atoms with Gasteiger partial charge in [-0.2, -0.15) is 0 Å². The summed E-state index contributed by atoms with van der Waals surface area (Å²) in [5, 5.41) is 7.29. The average Bonchev–Trinajstić information content (AvgIpc) is 3.10. The van der Waals surface area contributed by atoms with Gasteiger partial charge < -0.3 is 10.1 Å².